The normalized spacial score (nSPS) is 39.4. The minimum Gasteiger partial charge on any atom is -0.375 e. The van der Waals surface area contributed by atoms with E-state index in [9.17, 15) is 4.79 Å². The Labute approximate surface area is 119 Å². The maximum Gasteiger partial charge on any atom is 0.242 e. The van der Waals surface area contributed by atoms with E-state index in [0.717, 1.165) is 39.0 Å². The van der Waals surface area contributed by atoms with Gasteiger partial charge in [0.1, 0.15) is 12.1 Å². The molecule has 3 saturated heterocycles. The van der Waals surface area contributed by atoms with E-state index in [2.05, 4.69) is 5.48 Å². The third-order valence-electron chi connectivity index (χ3n) is 5.54. The third-order valence-corrected chi connectivity index (χ3v) is 5.54. The lowest BCUT2D eigenvalue weighted by Gasteiger charge is -2.49. The first-order valence-corrected chi connectivity index (χ1v) is 8.07. The summed E-state index contributed by atoms with van der Waals surface area (Å²) >= 11 is 0. The SMILES string of the molecule is O=C(C1CC(C2CCCO2)ON1)N1CC2(CCCC2)C1. The summed E-state index contributed by atoms with van der Waals surface area (Å²) in [6, 6.07) is -0.164. The van der Waals surface area contributed by atoms with E-state index in [4.69, 9.17) is 9.57 Å². The minimum absolute atomic E-state index is 0.0492. The molecule has 3 aliphatic heterocycles. The summed E-state index contributed by atoms with van der Waals surface area (Å²) in [5, 5.41) is 0. The molecule has 1 spiro atoms. The first-order valence-electron chi connectivity index (χ1n) is 8.07. The van der Waals surface area contributed by atoms with Crippen LogP contribution in [0.3, 0.4) is 0 Å². The van der Waals surface area contributed by atoms with E-state index >= 15 is 0 Å². The lowest BCUT2D eigenvalue weighted by molar-refractivity contribution is -0.146. The molecule has 0 aromatic heterocycles. The van der Waals surface area contributed by atoms with Gasteiger partial charge in [-0.3, -0.25) is 9.63 Å². The average molecular weight is 280 g/mol. The Kier molecular flexibility index (Phi) is 3.24. The predicted octanol–water partition coefficient (Wildman–Crippen LogP) is 1.23. The van der Waals surface area contributed by atoms with Crippen LogP contribution in [0.5, 0.6) is 0 Å². The quantitative estimate of drug-likeness (QED) is 0.826. The van der Waals surface area contributed by atoms with E-state index in [1.165, 1.54) is 25.7 Å². The third kappa shape index (κ3) is 2.16. The first kappa shape index (κ1) is 13.0. The molecular weight excluding hydrogens is 256 g/mol. The van der Waals surface area contributed by atoms with Gasteiger partial charge in [-0.05, 0) is 25.7 Å². The van der Waals surface area contributed by atoms with E-state index in [1.807, 2.05) is 4.90 Å². The number of nitrogens with zero attached hydrogens (tertiary/aromatic N) is 1. The molecule has 20 heavy (non-hydrogen) atoms. The van der Waals surface area contributed by atoms with E-state index in [1.54, 1.807) is 0 Å². The second-order valence-electron chi connectivity index (χ2n) is 7.02. The highest BCUT2D eigenvalue weighted by Gasteiger charge is 2.49. The summed E-state index contributed by atoms with van der Waals surface area (Å²) < 4.78 is 5.65. The van der Waals surface area contributed by atoms with E-state index < -0.39 is 0 Å². The van der Waals surface area contributed by atoms with Gasteiger partial charge >= 0.3 is 0 Å². The molecule has 1 amide bonds. The highest BCUT2D eigenvalue weighted by atomic mass is 16.7. The summed E-state index contributed by atoms with van der Waals surface area (Å²) in [5.41, 5.74) is 3.42. The molecule has 5 heteroatoms. The molecule has 0 aromatic rings. The number of hydroxylamine groups is 1. The van der Waals surface area contributed by atoms with Crippen molar-refractivity contribution in [2.24, 2.45) is 5.41 Å². The van der Waals surface area contributed by atoms with Crippen LogP contribution in [0.4, 0.5) is 0 Å². The Balaban J connectivity index is 1.29. The van der Waals surface area contributed by atoms with Crippen LogP contribution in [0.1, 0.15) is 44.9 Å². The fourth-order valence-electron chi connectivity index (χ4n) is 4.35. The number of ether oxygens (including phenoxy) is 1. The number of amides is 1. The predicted molar refractivity (Wildman–Crippen MR) is 72.9 cm³/mol. The van der Waals surface area contributed by atoms with E-state index in [0.29, 0.717) is 5.41 Å². The summed E-state index contributed by atoms with van der Waals surface area (Å²) in [7, 11) is 0. The largest absolute Gasteiger partial charge is 0.375 e. The molecule has 1 N–H and O–H groups in total. The van der Waals surface area contributed by atoms with Crippen molar-refractivity contribution in [3.63, 3.8) is 0 Å². The molecule has 4 aliphatic rings. The Morgan fingerprint density at radius 2 is 1.95 bits per heavy atom. The number of likely N-dealkylation sites (tertiary alicyclic amines) is 1. The van der Waals surface area contributed by atoms with Crippen LogP contribution < -0.4 is 5.48 Å². The van der Waals surface area contributed by atoms with Crippen molar-refractivity contribution in [3.8, 4) is 0 Å². The fraction of sp³-hybridized carbons (Fsp3) is 0.933. The first-order chi connectivity index (χ1) is 9.76. The van der Waals surface area contributed by atoms with Gasteiger partial charge in [0.15, 0.2) is 0 Å². The zero-order chi connectivity index (χ0) is 13.6. The lowest BCUT2D eigenvalue weighted by atomic mass is 9.78. The molecule has 4 fully saturated rings. The van der Waals surface area contributed by atoms with Gasteiger partial charge in [0.2, 0.25) is 5.91 Å². The fourth-order valence-corrected chi connectivity index (χ4v) is 4.35. The van der Waals surface area contributed by atoms with Crippen LogP contribution in [0.15, 0.2) is 0 Å². The van der Waals surface area contributed by atoms with Gasteiger partial charge in [0, 0.05) is 31.5 Å². The van der Waals surface area contributed by atoms with Gasteiger partial charge in [-0.25, -0.2) is 0 Å². The zero-order valence-corrected chi connectivity index (χ0v) is 12.0. The molecule has 5 nitrogen and oxygen atoms in total. The van der Waals surface area contributed by atoms with Gasteiger partial charge in [-0.1, -0.05) is 12.8 Å². The number of hydrogen-bond donors (Lipinski definition) is 1. The Hall–Kier alpha value is -0.650. The maximum atomic E-state index is 12.5. The van der Waals surface area contributed by atoms with Crippen LogP contribution in [0.25, 0.3) is 0 Å². The molecule has 0 bridgehead atoms. The summed E-state index contributed by atoms with van der Waals surface area (Å²) in [5.74, 6) is 0.225. The maximum absolute atomic E-state index is 12.5. The zero-order valence-electron chi connectivity index (χ0n) is 12.0. The van der Waals surface area contributed by atoms with E-state index in [-0.39, 0.29) is 24.2 Å². The van der Waals surface area contributed by atoms with Gasteiger partial charge < -0.3 is 9.64 Å². The molecule has 112 valence electrons. The number of nitrogens with one attached hydrogen (secondary N) is 1. The topological polar surface area (TPSA) is 50.8 Å². The van der Waals surface area contributed by atoms with Crippen LogP contribution in [0, 0.1) is 5.41 Å². The molecule has 0 radical (unpaired) electrons. The van der Waals surface area contributed by atoms with Gasteiger partial charge in [0.25, 0.3) is 0 Å². The van der Waals surface area contributed by atoms with Crippen molar-refractivity contribution in [1.29, 1.82) is 0 Å². The summed E-state index contributed by atoms with van der Waals surface area (Å²) in [4.78, 5) is 20.1. The van der Waals surface area contributed by atoms with Crippen LogP contribution in [0.2, 0.25) is 0 Å². The molecule has 1 aliphatic carbocycles. The van der Waals surface area contributed by atoms with Gasteiger partial charge in [-0.15, -0.1) is 0 Å². The molecule has 1 saturated carbocycles. The number of rotatable bonds is 2. The smallest absolute Gasteiger partial charge is 0.242 e. The van der Waals surface area contributed by atoms with Crippen molar-refractivity contribution in [3.05, 3.63) is 0 Å². The molecule has 3 atom stereocenters. The van der Waals surface area contributed by atoms with Crippen molar-refractivity contribution in [2.75, 3.05) is 19.7 Å². The van der Waals surface area contributed by atoms with Crippen molar-refractivity contribution >= 4 is 5.91 Å². The summed E-state index contributed by atoms with van der Waals surface area (Å²) in [6.45, 7) is 2.76. The van der Waals surface area contributed by atoms with Crippen molar-refractivity contribution in [2.45, 2.75) is 63.2 Å². The standard InChI is InChI=1S/C15H24N2O3/c18-14(17-9-15(10-17)5-1-2-6-15)11-8-13(20-16-11)12-4-3-7-19-12/h11-13,16H,1-10H2. The highest BCUT2D eigenvalue weighted by molar-refractivity contribution is 5.83. The summed E-state index contributed by atoms with van der Waals surface area (Å²) in [6.07, 6.45) is 8.45. The monoisotopic (exact) mass is 280 g/mol. The highest BCUT2D eigenvalue weighted by Crippen LogP contribution is 2.45. The van der Waals surface area contributed by atoms with Crippen LogP contribution in [-0.4, -0.2) is 48.8 Å². The van der Waals surface area contributed by atoms with Crippen molar-refractivity contribution < 1.29 is 14.4 Å². The molecular formula is C15H24N2O3. The molecule has 0 aromatic carbocycles. The van der Waals surface area contributed by atoms with Crippen LogP contribution >= 0.6 is 0 Å². The molecule has 4 rings (SSSR count). The minimum atomic E-state index is -0.164. The lowest BCUT2D eigenvalue weighted by Crippen LogP contribution is -2.60. The Morgan fingerprint density at radius 1 is 1.15 bits per heavy atom. The molecule has 3 unspecified atom stereocenters. The Bertz CT molecular complexity index is 381. The average Bonchev–Trinajstić information content (AvgIpc) is 3.14. The molecule has 3 heterocycles. The second-order valence-corrected chi connectivity index (χ2v) is 7.02. The van der Waals surface area contributed by atoms with Gasteiger partial charge in [-0.2, -0.15) is 5.48 Å². The second kappa shape index (κ2) is 4.97. The van der Waals surface area contributed by atoms with Crippen LogP contribution in [-0.2, 0) is 14.4 Å². The number of carbonyl (C=O) groups excluding carboxylic acids is 1. The Morgan fingerprint density at radius 3 is 2.65 bits per heavy atom. The number of carbonyl (C=O) groups is 1. The van der Waals surface area contributed by atoms with Crippen molar-refractivity contribution in [1.82, 2.24) is 10.4 Å². The van der Waals surface area contributed by atoms with Gasteiger partial charge in [0.05, 0.1) is 6.10 Å². The number of hydrogen-bond acceptors (Lipinski definition) is 4.